The number of fused-ring (bicyclic) bond motifs is 3. The van der Waals surface area contributed by atoms with Crippen molar-refractivity contribution < 1.29 is 9.59 Å². The number of H-pyrrole nitrogens is 1. The lowest BCUT2D eigenvalue weighted by molar-refractivity contribution is 0.0556. The van der Waals surface area contributed by atoms with Gasteiger partial charge in [0.15, 0.2) is 17.2 Å². The van der Waals surface area contributed by atoms with Gasteiger partial charge in [-0.1, -0.05) is 0 Å². The van der Waals surface area contributed by atoms with Gasteiger partial charge < -0.3 is 15.6 Å². The fraction of sp³-hybridized carbons (Fsp3) is 0.308. The summed E-state index contributed by atoms with van der Waals surface area (Å²) in [4.78, 5) is 40.3. The Morgan fingerprint density at radius 1 is 1.10 bits per heavy atom. The first kappa shape index (κ1) is 23.2. The molecular weight excluding hydrogens is 498 g/mol. The number of nitrogen functional groups attached to an aromatic ring is 1. The molecule has 2 fully saturated rings. The molecular formula is C26H25N11O2. The summed E-state index contributed by atoms with van der Waals surface area (Å²) in [7, 11) is 0. The van der Waals surface area contributed by atoms with E-state index in [-0.39, 0.29) is 41.3 Å². The zero-order valence-electron chi connectivity index (χ0n) is 21.1. The van der Waals surface area contributed by atoms with Crippen molar-refractivity contribution in [1.82, 2.24) is 49.4 Å². The molecule has 2 saturated heterocycles. The summed E-state index contributed by atoms with van der Waals surface area (Å²) in [5, 5.41) is 16.4. The SMILES string of the molecule is CC(=O)c1c([C@@H]2C[C@H]3CC[C@@H](C2)N3C(=O)c2nnc[nH]2)nc2c(-c3ccc(-n4cccn4)nc3)cnn2c1N. The molecule has 5 aromatic rings. The smallest absolute Gasteiger partial charge is 0.292 e. The van der Waals surface area contributed by atoms with Gasteiger partial charge >= 0.3 is 0 Å². The molecule has 0 unspecified atom stereocenters. The number of hydrogen-bond donors (Lipinski definition) is 2. The summed E-state index contributed by atoms with van der Waals surface area (Å²) in [5.41, 5.74) is 9.77. The molecule has 0 saturated carbocycles. The molecule has 39 heavy (non-hydrogen) atoms. The third-order valence-corrected chi connectivity index (χ3v) is 7.83. The van der Waals surface area contributed by atoms with Crippen LogP contribution in [0.25, 0.3) is 22.6 Å². The van der Waals surface area contributed by atoms with Crippen molar-refractivity contribution in [1.29, 1.82) is 0 Å². The van der Waals surface area contributed by atoms with Crippen molar-refractivity contribution in [3.05, 3.63) is 66.4 Å². The van der Waals surface area contributed by atoms with Gasteiger partial charge in [-0.05, 0) is 50.8 Å². The van der Waals surface area contributed by atoms with Gasteiger partial charge in [-0.25, -0.2) is 14.6 Å². The molecule has 2 aliphatic rings. The molecule has 5 aromatic heterocycles. The van der Waals surface area contributed by atoms with Gasteiger partial charge in [0.2, 0.25) is 5.82 Å². The van der Waals surface area contributed by atoms with E-state index in [1.54, 1.807) is 23.3 Å². The molecule has 13 nitrogen and oxygen atoms in total. The van der Waals surface area contributed by atoms with Crippen LogP contribution in [0.3, 0.4) is 0 Å². The number of carbonyl (C=O) groups excluding carboxylic acids is 2. The number of nitrogens with zero attached hydrogens (tertiary/aromatic N) is 9. The van der Waals surface area contributed by atoms with Crippen LogP contribution in [0.2, 0.25) is 0 Å². The summed E-state index contributed by atoms with van der Waals surface area (Å²) in [5.74, 6) is 0.867. The second-order valence-corrected chi connectivity index (χ2v) is 10.1. The average molecular weight is 524 g/mol. The van der Waals surface area contributed by atoms with E-state index in [4.69, 9.17) is 10.7 Å². The van der Waals surface area contributed by atoms with Crippen LogP contribution in [-0.4, -0.2) is 73.2 Å². The monoisotopic (exact) mass is 523 g/mol. The lowest BCUT2D eigenvalue weighted by Gasteiger charge is -2.38. The zero-order valence-corrected chi connectivity index (χ0v) is 21.1. The minimum absolute atomic E-state index is 0.0221. The summed E-state index contributed by atoms with van der Waals surface area (Å²) in [6.07, 6.45) is 11.5. The number of ketones is 1. The Morgan fingerprint density at radius 3 is 2.56 bits per heavy atom. The number of rotatable bonds is 5. The van der Waals surface area contributed by atoms with Gasteiger partial charge in [-0.2, -0.15) is 14.7 Å². The maximum Gasteiger partial charge on any atom is 0.292 e. The van der Waals surface area contributed by atoms with Gasteiger partial charge in [0.1, 0.15) is 12.1 Å². The Hall–Kier alpha value is -4.94. The first-order valence-corrected chi connectivity index (χ1v) is 12.8. The van der Waals surface area contributed by atoms with Crippen molar-refractivity contribution in [2.24, 2.45) is 0 Å². The number of hydrogen-bond acceptors (Lipinski definition) is 9. The minimum atomic E-state index is -0.160. The molecule has 3 N–H and O–H groups in total. The Balaban J connectivity index is 1.27. The third-order valence-electron chi connectivity index (χ3n) is 7.83. The predicted molar refractivity (Wildman–Crippen MR) is 139 cm³/mol. The maximum atomic E-state index is 13.1. The van der Waals surface area contributed by atoms with Crippen LogP contribution in [0.15, 0.2) is 49.3 Å². The van der Waals surface area contributed by atoms with Crippen molar-refractivity contribution in [2.75, 3.05) is 5.73 Å². The van der Waals surface area contributed by atoms with Crippen LogP contribution in [0, 0.1) is 0 Å². The first-order chi connectivity index (χ1) is 19.0. The molecule has 7 rings (SSSR count). The highest BCUT2D eigenvalue weighted by atomic mass is 16.2. The molecule has 1 amide bonds. The minimum Gasteiger partial charge on any atom is -0.383 e. The number of aromatic nitrogens is 9. The Kier molecular flexibility index (Phi) is 5.25. The molecule has 0 aromatic carbocycles. The molecule has 7 heterocycles. The number of nitrogens with one attached hydrogen (secondary N) is 1. The standard InChI is InChI=1S/C26H25N11O2/c1-14(38)21-22(16-9-17-4-5-18(10-16)36(17)26(39)24-29-13-30-34-24)33-25-19(12-32-37(25)23(21)27)15-3-6-20(28-11-15)35-8-2-7-31-35/h2-3,6-8,11-13,16-18H,4-5,9-10,27H2,1H3,(H,29,30,34)/t16-,17-,18+. The van der Waals surface area contributed by atoms with E-state index in [9.17, 15) is 9.59 Å². The van der Waals surface area contributed by atoms with Crippen molar-refractivity contribution in [3.8, 4) is 16.9 Å². The molecule has 13 heteroatoms. The van der Waals surface area contributed by atoms with Crippen LogP contribution in [-0.2, 0) is 0 Å². The second-order valence-electron chi connectivity index (χ2n) is 10.1. The Morgan fingerprint density at radius 2 is 1.92 bits per heavy atom. The first-order valence-electron chi connectivity index (χ1n) is 12.8. The second kappa shape index (κ2) is 8.82. The summed E-state index contributed by atoms with van der Waals surface area (Å²) in [6, 6.07) is 5.69. The highest BCUT2D eigenvalue weighted by Gasteiger charge is 2.45. The molecule has 2 bridgehead atoms. The Bertz CT molecular complexity index is 1680. The predicted octanol–water partition coefficient (Wildman–Crippen LogP) is 2.43. The van der Waals surface area contributed by atoms with Crippen LogP contribution in [0.5, 0.6) is 0 Å². The van der Waals surface area contributed by atoms with Gasteiger partial charge in [0.25, 0.3) is 5.91 Å². The van der Waals surface area contributed by atoms with Gasteiger partial charge in [0.05, 0.1) is 17.5 Å². The van der Waals surface area contributed by atoms with Crippen LogP contribution in [0.4, 0.5) is 5.82 Å². The molecule has 3 atom stereocenters. The van der Waals surface area contributed by atoms with Crippen molar-refractivity contribution in [3.63, 3.8) is 0 Å². The van der Waals surface area contributed by atoms with Crippen LogP contribution >= 0.6 is 0 Å². The van der Waals surface area contributed by atoms with E-state index in [0.29, 0.717) is 35.6 Å². The number of nitrogens with two attached hydrogens (primary N) is 1. The van der Waals surface area contributed by atoms with E-state index in [0.717, 1.165) is 24.0 Å². The van der Waals surface area contributed by atoms with E-state index in [1.807, 2.05) is 29.3 Å². The number of piperidine rings is 1. The molecule has 2 aliphatic heterocycles. The van der Waals surface area contributed by atoms with Crippen LogP contribution < -0.4 is 5.73 Å². The number of anilines is 1. The van der Waals surface area contributed by atoms with E-state index < -0.39 is 0 Å². The summed E-state index contributed by atoms with van der Waals surface area (Å²) < 4.78 is 3.20. The van der Waals surface area contributed by atoms with E-state index in [1.165, 1.54) is 17.8 Å². The lowest BCUT2D eigenvalue weighted by atomic mass is 9.85. The Labute approximate surface area is 222 Å². The summed E-state index contributed by atoms with van der Waals surface area (Å²) >= 11 is 0. The van der Waals surface area contributed by atoms with Crippen molar-refractivity contribution in [2.45, 2.75) is 50.6 Å². The van der Waals surface area contributed by atoms with Gasteiger partial charge in [0, 0.05) is 47.7 Å². The number of aromatic amines is 1. The van der Waals surface area contributed by atoms with Gasteiger partial charge in [-0.3, -0.25) is 9.59 Å². The normalized spacial score (nSPS) is 20.5. The number of amides is 1. The largest absolute Gasteiger partial charge is 0.383 e. The zero-order chi connectivity index (χ0) is 26.7. The fourth-order valence-corrected chi connectivity index (χ4v) is 6.14. The third kappa shape index (κ3) is 3.68. The quantitative estimate of drug-likeness (QED) is 0.329. The highest BCUT2D eigenvalue weighted by Crippen LogP contribution is 2.45. The van der Waals surface area contributed by atoms with Crippen LogP contribution in [0.1, 0.15) is 65.2 Å². The lowest BCUT2D eigenvalue weighted by Crippen LogP contribution is -2.46. The fourth-order valence-electron chi connectivity index (χ4n) is 6.14. The van der Waals surface area contributed by atoms with Gasteiger partial charge in [-0.15, -0.1) is 10.2 Å². The number of Topliss-reactive ketones (excluding diaryl/α,β-unsaturated/α-hetero) is 1. The average Bonchev–Trinajstić information content (AvgIpc) is 3.75. The molecule has 0 aliphatic carbocycles. The number of pyridine rings is 1. The highest BCUT2D eigenvalue weighted by molar-refractivity contribution is 6.00. The maximum absolute atomic E-state index is 13.1. The number of carbonyl (C=O) groups is 2. The van der Waals surface area contributed by atoms with E-state index >= 15 is 0 Å². The molecule has 0 spiro atoms. The molecule has 0 radical (unpaired) electrons. The van der Waals surface area contributed by atoms with E-state index in [2.05, 4.69) is 30.4 Å². The topological polar surface area (TPSA) is 166 Å². The molecule has 196 valence electrons. The van der Waals surface area contributed by atoms with Crippen molar-refractivity contribution >= 4 is 23.2 Å². The summed E-state index contributed by atoms with van der Waals surface area (Å²) in [6.45, 7) is 1.50.